The van der Waals surface area contributed by atoms with Crippen molar-refractivity contribution in [3.8, 4) is 0 Å². The van der Waals surface area contributed by atoms with Crippen LogP contribution in [0.15, 0.2) is 12.4 Å². The molecule has 3 fully saturated rings. The molecule has 114 valence electrons. The molecule has 0 radical (unpaired) electrons. The second-order valence-electron chi connectivity index (χ2n) is 6.44. The third kappa shape index (κ3) is 2.46. The zero-order chi connectivity index (χ0) is 14.1. The Bertz CT molecular complexity index is 493. The number of anilines is 2. The van der Waals surface area contributed by atoms with Crippen LogP contribution < -0.4 is 15.5 Å². The van der Waals surface area contributed by atoms with Gasteiger partial charge in [0.15, 0.2) is 0 Å². The van der Waals surface area contributed by atoms with Crippen LogP contribution in [0.25, 0.3) is 0 Å². The molecule has 3 heterocycles. The lowest BCUT2D eigenvalue weighted by molar-refractivity contribution is -0.0153. The van der Waals surface area contributed by atoms with Crippen LogP contribution in [-0.2, 0) is 4.74 Å². The number of aromatic nitrogens is 2. The fraction of sp³-hybridized carbons (Fsp3) is 0.733. The van der Waals surface area contributed by atoms with E-state index in [-0.39, 0.29) is 0 Å². The first-order chi connectivity index (χ1) is 10.4. The van der Waals surface area contributed by atoms with Gasteiger partial charge in [0.2, 0.25) is 0 Å². The Morgan fingerprint density at radius 2 is 2.19 bits per heavy atom. The SMILES string of the molecule is c1nc(NCC2CCC23CNC3)cc(N2CCOCC2)n1. The number of rotatable bonds is 4. The maximum Gasteiger partial charge on any atom is 0.134 e. The van der Waals surface area contributed by atoms with E-state index in [0.717, 1.165) is 50.4 Å². The molecule has 2 N–H and O–H groups in total. The highest BCUT2D eigenvalue weighted by Gasteiger charge is 2.50. The van der Waals surface area contributed by atoms with E-state index < -0.39 is 0 Å². The van der Waals surface area contributed by atoms with Gasteiger partial charge in [0.25, 0.3) is 0 Å². The van der Waals surface area contributed by atoms with Crippen LogP contribution in [0, 0.1) is 11.3 Å². The van der Waals surface area contributed by atoms with Crippen molar-refractivity contribution < 1.29 is 4.74 Å². The fourth-order valence-corrected chi connectivity index (χ4v) is 3.62. The van der Waals surface area contributed by atoms with Crippen molar-refractivity contribution in [1.29, 1.82) is 0 Å². The molecule has 2 saturated heterocycles. The van der Waals surface area contributed by atoms with Crippen LogP contribution in [0.1, 0.15) is 12.8 Å². The minimum atomic E-state index is 0.590. The quantitative estimate of drug-likeness (QED) is 0.852. The summed E-state index contributed by atoms with van der Waals surface area (Å²) in [6.07, 6.45) is 4.39. The summed E-state index contributed by atoms with van der Waals surface area (Å²) in [6, 6.07) is 2.07. The van der Waals surface area contributed by atoms with E-state index >= 15 is 0 Å². The lowest BCUT2D eigenvalue weighted by Crippen LogP contribution is -2.63. The van der Waals surface area contributed by atoms with E-state index in [1.807, 2.05) is 0 Å². The lowest BCUT2D eigenvalue weighted by atomic mass is 9.56. The smallest absolute Gasteiger partial charge is 0.134 e. The number of hydrogen-bond donors (Lipinski definition) is 2. The van der Waals surface area contributed by atoms with Crippen molar-refractivity contribution >= 4 is 11.6 Å². The third-order valence-corrected chi connectivity index (χ3v) is 5.33. The molecule has 1 unspecified atom stereocenters. The maximum atomic E-state index is 5.39. The Hall–Kier alpha value is -1.40. The summed E-state index contributed by atoms with van der Waals surface area (Å²) in [6.45, 7) is 6.81. The summed E-state index contributed by atoms with van der Waals surface area (Å²) in [5.74, 6) is 2.74. The van der Waals surface area contributed by atoms with Gasteiger partial charge in [-0.3, -0.25) is 0 Å². The van der Waals surface area contributed by atoms with E-state index in [4.69, 9.17) is 4.74 Å². The second kappa shape index (κ2) is 5.42. The Morgan fingerprint density at radius 3 is 2.86 bits per heavy atom. The van der Waals surface area contributed by atoms with Gasteiger partial charge >= 0.3 is 0 Å². The van der Waals surface area contributed by atoms with Crippen LogP contribution in [0.2, 0.25) is 0 Å². The summed E-state index contributed by atoms with van der Waals surface area (Å²) in [7, 11) is 0. The average Bonchev–Trinajstić information content (AvgIpc) is 2.46. The number of nitrogens with zero attached hydrogens (tertiary/aromatic N) is 3. The lowest BCUT2D eigenvalue weighted by Gasteiger charge is -2.56. The molecule has 2 aliphatic heterocycles. The zero-order valence-corrected chi connectivity index (χ0v) is 12.3. The van der Waals surface area contributed by atoms with Gasteiger partial charge < -0.3 is 20.3 Å². The molecule has 1 atom stereocenters. The molecular weight excluding hydrogens is 266 g/mol. The summed E-state index contributed by atoms with van der Waals surface area (Å²) < 4.78 is 5.39. The van der Waals surface area contributed by atoms with Crippen molar-refractivity contribution in [2.75, 3.05) is 56.2 Å². The predicted molar refractivity (Wildman–Crippen MR) is 81.6 cm³/mol. The molecule has 21 heavy (non-hydrogen) atoms. The van der Waals surface area contributed by atoms with Gasteiger partial charge in [0.05, 0.1) is 13.2 Å². The van der Waals surface area contributed by atoms with Crippen molar-refractivity contribution in [3.63, 3.8) is 0 Å². The zero-order valence-electron chi connectivity index (χ0n) is 12.3. The van der Waals surface area contributed by atoms with Gasteiger partial charge in [-0.05, 0) is 24.2 Å². The van der Waals surface area contributed by atoms with Crippen molar-refractivity contribution in [3.05, 3.63) is 12.4 Å². The molecule has 0 aromatic carbocycles. The van der Waals surface area contributed by atoms with Gasteiger partial charge in [0.1, 0.15) is 18.0 Å². The first-order valence-corrected chi connectivity index (χ1v) is 7.95. The van der Waals surface area contributed by atoms with Crippen LogP contribution in [-0.4, -0.2) is 55.9 Å². The Kier molecular flexibility index (Phi) is 3.43. The van der Waals surface area contributed by atoms with E-state index in [0.29, 0.717) is 5.41 Å². The van der Waals surface area contributed by atoms with Gasteiger partial charge in [-0.2, -0.15) is 0 Å². The van der Waals surface area contributed by atoms with Crippen molar-refractivity contribution in [2.24, 2.45) is 11.3 Å². The van der Waals surface area contributed by atoms with Gasteiger partial charge in [-0.25, -0.2) is 9.97 Å². The number of nitrogens with one attached hydrogen (secondary N) is 2. The molecule has 6 nitrogen and oxygen atoms in total. The minimum absolute atomic E-state index is 0.590. The third-order valence-electron chi connectivity index (χ3n) is 5.33. The number of hydrogen-bond acceptors (Lipinski definition) is 6. The average molecular weight is 289 g/mol. The monoisotopic (exact) mass is 289 g/mol. The molecule has 4 rings (SSSR count). The topological polar surface area (TPSA) is 62.3 Å². The second-order valence-corrected chi connectivity index (χ2v) is 6.44. The molecule has 1 aromatic heterocycles. The van der Waals surface area contributed by atoms with Gasteiger partial charge in [0, 0.05) is 38.8 Å². The highest BCUT2D eigenvalue weighted by Crippen LogP contribution is 2.49. The van der Waals surface area contributed by atoms with Crippen LogP contribution >= 0.6 is 0 Å². The first kappa shape index (κ1) is 13.3. The standard InChI is InChI=1S/C15H23N5O/c1-2-15(9-16-10-15)12(1)8-17-13-7-14(19-11-18-13)20-3-5-21-6-4-20/h7,11-12,16H,1-6,8-10H2,(H,17,18,19). The fourth-order valence-electron chi connectivity index (χ4n) is 3.62. The molecule has 1 aliphatic carbocycles. The van der Waals surface area contributed by atoms with E-state index in [1.54, 1.807) is 6.33 Å². The van der Waals surface area contributed by atoms with Crippen LogP contribution in [0.5, 0.6) is 0 Å². The summed E-state index contributed by atoms with van der Waals surface area (Å²) in [5, 5.41) is 6.92. The summed E-state index contributed by atoms with van der Waals surface area (Å²) in [4.78, 5) is 11.0. The molecule has 1 spiro atoms. The molecule has 0 bridgehead atoms. The van der Waals surface area contributed by atoms with Gasteiger partial charge in [-0.15, -0.1) is 0 Å². The molecule has 3 aliphatic rings. The van der Waals surface area contributed by atoms with E-state index in [1.165, 1.54) is 25.9 Å². The van der Waals surface area contributed by atoms with E-state index in [9.17, 15) is 0 Å². The minimum Gasteiger partial charge on any atom is -0.378 e. The first-order valence-electron chi connectivity index (χ1n) is 7.95. The number of ether oxygens (including phenoxy) is 1. The van der Waals surface area contributed by atoms with Crippen molar-refractivity contribution in [1.82, 2.24) is 15.3 Å². The maximum absolute atomic E-state index is 5.39. The molecule has 1 saturated carbocycles. The normalized spacial score (nSPS) is 27.0. The largest absolute Gasteiger partial charge is 0.378 e. The van der Waals surface area contributed by atoms with Gasteiger partial charge in [-0.1, -0.05) is 0 Å². The predicted octanol–water partition coefficient (Wildman–Crippen LogP) is 0.725. The van der Waals surface area contributed by atoms with Crippen LogP contribution in [0.4, 0.5) is 11.6 Å². The molecule has 1 aromatic rings. The molecule has 0 amide bonds. The number of morpholine rings is 1. The molecule has 6 heteroatoms. The summed E-state index contributed by atoms with van der Waals surface area (Å²) >= 11 is 0. The highest BCUT2D eigenvalue weighted by atomic mass is 16.5. The highest BCUT2D eigenvalue weighted by molar-refractivity contribution is 5.48. The van der Waals surface area contributed by atoms with Crippen molar-refractivity contribution in [2.45, 2.75) is 12.8 Å². The molecular formula is C15H23N5O. The van der Waals surface area contributed by atoms with E-state index in [2.05, 4.69) is 31.6 Å². The Balaban J connectivity index is 1.36. The summed E-state index contributed by atoms with van der Waals surface area (Å²) in [5.41, 5.74) is 0.590. The van der Waals surface area contributed by atoms with Crippen LogP contribution in [0.3, 0.4) is 0 Å². The Labute approximate surface area is 125 Å². The Morgan fingerprint density at radius 1 is 1.33 bits per heavy atom.